The first-order chi connectivity index (χ1) is 8.78. The van der Waals surface area contributed by atoms with E-state index < -0.39 is 0 Å². The number of ether oxygens (including phenoxy) is 1. The molecule has 1 aromatic rings. The third kappa shape index (κ3) is 2.07. The van der Waals surface area contributed by atoms with Crippen LogP contribution in [-0.2, 0) is 0 Å². The molecule has 0 aliphatic carbocycles. The van der Waals surface area contributed by atoms with E-state index >= 15 is 0 Å². The van der Waals surface area contributed by atoms with E-state index in [0.717, 1.165) is 18.2 Å². The largest absolute Gasteiger partial charge is 0.497 e. The van der Waals surface area contributed by atoms with Gasteiger partial charge in [-0.1, -0.05) is 6.07 Å². The summed E-state index contributed by atoms with van der Waals surface area (Å²) < 4.78 is 5.29. The quantitative estimate of drug-likeness (QED) is 0.868. The van der Waals surface area contributed by atoms with Gasteiger partial charge in [-0.15, -0.1) is 0 Å². The number of likely N-dealkylation sites (tertiary alicyclic amines) is 1. The maximum absolute atomic E-state index is 5.29. The summed E-state index contributed by atoms with van der Waals surface area (Å²) in [6, 6.07) is 6.47. The number of hydrogen-bond acceptors (Lipinski definition) is 3. The molecule has 3 heteroatoms. The first-order valence-corrected chi connectivity index (χ1v) is 6.88. The molecule has 2 heterocycles. The van der Waals surface area contributed by atoms with Gasteiger partial charge < -0.3 is 15.0 Å². The van der Waals surface area contributed by atoms with Gasteiger partial charge in [-0.05, 0) is 50.5 Å². The highest BCUT2D eigenvalue weighted by Crippen LogP contribution is 2.41. The zero-order valence-electron chi connectivity index (χ0n) is 11.3. The molecule has 3 rings (SSSR count). The van der Waals surface area contributed by atoms with Crippen LogP contribution in [0, 0.1) is 5.92 Å². The Kier molecular flexibility index (Phi) is 3.16. The lowest BCUT2D eigenvalue weighted by molar-refractivity contribution is 0.202. The summed E-state index contributed by atoms with van der Waals surface area (Å²) in [6.07, 6.45) is 2.66. The van der Waals surface area contributed by atoms with Gasteiger partial charge >= 0.3 is 0 Å². The fourth-order valence-corrected chi connectivity index (χ4v) is 3.32. The highest BCUT2D eigenvalue weighted by molar-refractivity contribution is 5.61. The molecule has 1 fully saturated rings. The Labute approximate surface area is 109 Å². The van der Waals surface area contributed by atoms with Crippen LogP contribution in [-0.4, -0.2) is 38.7 Å². The Morgan fingerprint density at radius 3 is 2.78 bits per heavy atom. The molecule has 1 N–H and O–H groups in total. The number of hydrogen-bond donors (Lipinski definition) is 1. The fourth-order valence-electron chi connectivity index (χ4n) is 3.32. The molecule has 3 nitrogen and oxygen atoms in total. The zero-order chi connectivity index (χ0) is 12.5. The van der Waals surface area contributed by atoms with Crippen LogP contribution in [0.5, 0.6) is 5.75 Å². The molecule has 0 aromatic heterocycles. The van der Waals surface area contributed by atoms with Crippen molar-refractivity contribution in [3.63, 3.8) is 0 Å². The number of rotatable bonds is 2. The minimum atomic E-state index is 0.694. The first-order valence-electron chi connectivity index (χ1n) is 6.88. The van der Waals surface area contributed by atoms with Gasteiger partial charge in [0.1, 0.15) is 5.75 Å². The third-order valence-corrected chi connectivity index (χ3v) is 4.50. The van der Waals surface area contributed by atoms with Crippen molar-refractivity contribution in [3.05, 3.63) is 23.8 Å². The second kappa shape index (κ2) is 4.81. The van der Waals surface area contributed by atoms with Crippen LogP contribution in [0.2, 0.25) is 0 Å². The minimum absolute atomic E-state index is 0.694. The Hall–Kier alpha value is -1.22. The van der Waals surface area contributed by atoms with Gasteiger partial charge in [0.15, 0.2) is 0 Å². The van der Waals surface area contributed by atoms with Crippen LogP contribution >= 0.6 is 0 Å². The molecule has 1 saturated heterocycles. The predicted octanol–water partition coefficient (Wildman–Crippen LogP) is 2.55. The molecular weight excluding hydrogens is 224 g/mol. The Bertz CT molecular complexity index is 425. The molecule has 2 aliphatic heterocycles. The molecule has 1 atom stereocenters. The zero-order valence-corrected chi connectivity index (χ0v) is 11.3. The predicted molar refractivity (Wildman–Crippen MR) is 74.4 cm³/mol. The summed E-state index contributed by atoms with van der Waals surface area (Å²) in [4.78, 5) is 2.44. The molecule has 1 unspecified atom stereocenters. The smallest absolute Gasteiger partial charge is 0.120 e. The van der Waals surface area contributed by atoms with Crippen LogP contribution in [0.1, 0.15) is 24.3 Å². The van der Waals surface area contributed by atoms with E-state index in [0.29, 0.717) is 5.92 Å². The highest BCUT2D eigenvalue weighted by atomic mass is 16.5. The molecule has 2 aliphatic rings. The van der Waals surface area contributed by atoms with Crippen LogP contribution in [0.3, 0.4) is 0 Å². The van der Waals surface area contributed by atoms with Gasteiger partial charge in [0.25, 0.3) is 0 Å². The standard InChI is InChI=1S/C15H22N2O/c1-17-7-5-11(6-8-17)14-10-16-15-9-12(18-2)3-4-13(14)15/h3-4,9,11,14,16H,5-8,10H2,1-2H3. The molecule has 0 radical (unpaired) electrons. The van der Waals surface area contributed by atoms with Gasteiger partial charge in [0, 0.05) is 24.2 Å². The number of nitrogens with one attached hydrogen (secondary N) is 1. The second-order valence-electron chi connectivity index (χ2n) is 5.58. The topological polar surface area (TPSA) is 24.5 Å². The molecule has 0 saturated carbocycles. The normalized spacial score (nSPS) is 24.7. The number of piperidine rings is 1. The summed E-state index contributed by atoms with van der Waals surface area (Å²) in [5.41, 5.74) is 2.77. The van der Waals surface area contributed by atoms with Crippen LogP contribution in [0.4, 0.5) is 5.69 Å². The first kappa shape index (κ1) is 11.8. The number of benzene rings is 1. The number of nitrogens with zero attached hydrogens (tertiary/aromatic N) is 1. The summed E-state index contributed by atoms with van der Waals surface area (Å²) in [7, 11) is 3.95. The summed E-state index contributed by atoms with van der Waals surface area (Å²) in [6.45, 7) is 3.58. The molecule has 0 spiro atoms. The summed E-state index contributed by atoms with van der Waals surface area (Å²) in [5.74, 6) is 2.48. The maximum Gasteiger partial charge on any atom is 0.120 e. The van der Waals surface area contributed by atoms with Crippen molar-refractivity contribution in [1.29, 1.82) is 0 Å². The summed E-state index contributed by atoms with van der Waals surface area (Å²) >= 11 is 0. The molecule has 0 amide bonds. The van der Waals surface area contributed by atoms with Gasteiger partial charge in [-0.25, -0.2) is 0 Å². The van der Waals surface area contributed by atoms with Gasteiger partial charge in [0.2, 0.25) is 0 Å². The van der Waals surface area contributed by atoms with Crippen molar-refractivity contribution < 1.29 is 4.74 Å². The van der Waals surface area contributed by atoms with E-state index in [2.05, 4.69) is 35.5 Å². The van der Waals surface area contributed by atoms with Crippen molar-refractivity contribution in [1.82, 2.24) is 4.90 Å². The van der Waals surface area contributed by atoms with Crippen LogP contribution in [0.25, 0.3) is 0 Å². The van der Waals surface area contributed by atoms with E-state index in [9.17, 15) is 0 Å². The van der Waals surface area contributed by atoms with Crippen molar-refractivity contribution in [2.75, 3.05) is 39.1 Å². The number of anilines is 1. The lowest BCUT2D eigenvalue weighted by Gasteiger charge is -2.32. The summed E-state index contributed by atoms with van der Waals surface area (Å²) in [5, 5.41) is 3.54. The molecule has 18 heavy (non-hydrogen) atoms. The number of fused-ring (bicyclic) bond motifs is 1. The maximum atomic E-state index is 5.29. The third-order valence-electron chi connectivity index (χ3n) is 4.50. The average Bonchev–Trinajstić information content (AvgIpc) is 2.82. The lowest BCUT2D eigenvalue weighted by atomic mass is 9.81. The van der Waals surface area contributed by atoms with E-state index in [1.807, 2.05) is 0 Å². The highest BCUT2D eigenvalue weighted by Gasteiger charge is 2.31. The van der Waals surface area contributed by atoms with Crippen molar-refractivity contribution in [2.24, 2.45) is 5.92 Å². The van der Waals surface area contributed by atoms with Crippen molar-refractivity contribution in [2.45, 2.75) is 18.8 Å². The lowest BCUT2D eigenvalue weighted by Crippen LogP contribution is -2.33. The number of methoxy groups -OCH3 is 1. The Balaban J connectivity index is 1.78. The van der Waals surface area contributed by atoms with Crippen molar-refractivity contribution >= 4 is 5.69 Å². The van der Waals surface area contributed by atoms with Gasteiger partial charge in [-0.3, -0.25) is 0 Å². The van der Waals surface area contributed by atoms with E-state index in [4.69, 9.17) is 4.74 Å². The van der Waals surface area contributed by atoms with Crippen molar-refractivity contribution in [3.8, 4) is 5.75 Å². The van der Waals surface area contributed by atoms with E-state index in [-0.39, 0.29) is 0 Å². The molecule has 98 valence electrons. The molecule has 1 aromatic carbocycles. The SMILES string of the molecule is COc1ccc2c(c1)NCC2C1CCN(C)CC1. The monoisotopic (exact) mass is 246 g/mol. The minimum Gasteiger partial charge on any atom is -0.497 e. The van der Waals surface area contributed by atoms with Crippen LogP contribution in [0.15, 0.2) is 18.2 Å². The second-order valence-corrected chi connectivity index (χ2v) is 5.58. The average molecular weight is 246 g/mol. The fraction of sp³-hybridized carbons (Fsp3) is 0.600. The van der Waals surface area contributed by atoms with Crippen LogP contribution < -0.4 is 10.1 Å². The Morgan fingerprint density at radius 1 is 1.28 bits per heavy atom. The van der Waals surface area contributed by atoms with E-state index in [1.54, 1.807) is 7.11 Å². The molecular formula is C15H22N2O. The van der Waals surface area contributed by atoms with Gasteiger partial charge in [-0.2, -0.15) is 0 Å². The molecule has 0 bridgehead atoms. The van der Waals surface area contributed by atoms with E-state index in [1.165, 1.54) is 37.2 Å². The van der Waals surface area contributed by atoms with Gasteiger partial charge in [0.05, 0.1) is 7.11 Å². The Morgan fingerprint density at radius 2 is 2.06 bits per heavy atom.